The molecule has 0 spiro atoms. The predicted octanol–water partition coefficient (Wildman–Crippen LogP) is 1.25. The quantitative estimate of drug-likeness (QED) is 0.875. The van der Waals surface area contributed by atoms with Crippen LogP contribution in [0.25, 0.3) is 0 Å². The maximum atomic E-state index is 12.2. The molecule has 1 aliphatic carbocycles. The fraction of sp³-hybridized carbons (Fsp3) is 0.533. The van der Waals surface area contributed by atoms with E-state index in [4.69, 9.17) is 0 Å². The van der Waals surface area contributed by atoms with Crippen LogP contribution in [0.3, 0.4) is 0 Å². The monoisotopic (exact) mass is 290 g/mol. The zero-order valence-electron chi connectivity index (χ0n) is 12.7. The molecule has 1 aromatic rings. The maximum absolute atomic E-state index is 12.2. The molecule has 6 heteroatoms. The van der Waals surface area contributed by atoms with Gasteiger partial charge in [0.15, 0.2) is 0 Å². The number of carbonyl (C=O) groups is 2. The molecular formula is C15H22N4O2. The summed E-state index contributed by atoms with van der Waals surface area (Å²) in [7, 11) is 4.07. The smallest absolute Gasteiger partial charge is 0.270 e. The SMILES string of the molecule is CC(=O)Nc1ccc(C(=O)N[C@@H]2CCC[C@H]2N(C)C)nc1. The zero-order chi connectivity index (χ0) is 15.4. The third-order valence-corrected chi connectivity index (χ3v) is 3.78. The van der Waals surface area contributed by atoms with Crippen LogP contribution in [0.1, 0.15) is 36.7 Å². The summed E-state index contributed by atoms with van der Waals surface area (Å²) in [5.41, 5.74) is 0.958. The number of amides is 2. The van der Waals surface area contributed by atoms with Crippen LogP contribution in [-0.4, -0.2) is 47.9 Å². The summed E-state index contributed by atoms with van der Waals surface area (Å²) in [5, 5.41) is 5.68. The minimum absolute atomic E-state index is 0.159. The largest absolute Gasteiger partial charge is 0.346 e. The number of aromatic nitrogens is 1. The molecule has 1 heterocycles. The Morgan fingerprint density at radius 3 is 2.62 bits per heavy atom. The Morgan fingerprint density at radius 1 is 1.29 bits per heavy atom. The molecule has 0 bridgehead atoms. The zero-order valence-corrected chi connectivity index (χ0v) is 12.7. The second-order valence-electron chi connectivity index (χ2n) is 5.66. The Labute approximate surface area is 124 Å². The second kappa shape index (κ2) is 6.67. The van der Waals surface area contributed by atoms with Crippen molar-refractivity contribution in [2.24, 2.45) is 0 Å². The molecule has 0 saturated heterocycles. The van der Waals surface area contributed by atoms with Crippen molar-refractivity contribution in [2.75, 3.05) is 19.4 Å². The van der Waals surface area contributed by atoms with Crippen LogP contribution in [0.4, 0.5) is 5.69 Å². The van der Waals surface area contributed by atoms with E-state index in [1.807, 2.05) is 14.1 Å². The Morgan fingerprint density at radius 2 is 2.05 bits per heavy atom. The average Bonchev–Trinajstić information content (AvgIpc) is 2.87. The fourth-order valence-corrected chi connectivity index (χ4v) is 2.77. The van der Waals surface area contributed by atoms with Gasteiger partial charge in [-0.1, -0.05) is 0 Å². The number of nitrogens with one attached hydrogen (secondary N) is 2. The lowest BCUT2D eigenvalue weighted by Gasteiger charge is -2.26. The van der Waals surface area contributed by atoms with Crippen molar-refractivity contribution in [3.8, 4) is 0 Å². The fourth-order valence-electron chi connectivity index (χ4n) is 2.77. The summed E-state index contributed by atoms with van der Waals surface area (Å²) < 4.78 is 0. The maximum Gasteiger partial charge on any atom is 0.270 e. The summed E-state index contributed by atoms with van der Waals surface area (Å²) in [6.07, 6.45) is 4.72. The molecule has 114 valence electrons. The molecule has 0 unspecified atom stereocenters. The summed E-state index contributed by atoms with van der Waals surface area (Å²) in [6.45, 7) is 1.43. The number of hydrogen-bond acceptors (Lipinski definition) is 4. The van der Waals surface area contributed by atoms with Crippen molar-refractivity contribution in [1.82, 2.24) is 15.2 Å². The Balaban J connectivity index is 1.98. The first-order chi connectivity index (χ1) is 9.97. The van der Waals surface area contributed by atoms with E-state index in [0.717, 1.165) is 19.3 Å². The molecule has 2 rings (SSSR count). The summed E-state index contributed by atoms with van der Waals surface area (Å²) in [5.74, 6) is -0.322. The molecule has 2 amide bonds. The lowest BCUT2D eigenvalue weighted by molar-refractivity contribution is -0.114. The van der Waals surface area contributed by atoms with Gasteiger partial charge in [-0.2, -0.15) is 0 Å². The lowest BCUT2D eigenvalue weighted by Crippen LogP contribution is -2.46. The average molecular weight is 290 g/mol. The van der Waals surface area contributed by atoms with Gasteiger partial charge in [0.05, 0.1) is 11.9 Å². The molecule has 21 heavy (non-hydrogen) atoms. The number of anilines is 1. The van der Waals surface area contributed by atoms with Gasteiger partial charge in [0.1, 0.15) is 5.69 Å². The highest BCUT2D eigenvalue weighted by molar-refractivity contribution is 5.93. The van der Waals surface area contributed by atoms with Crippen molar-refractivity contribution in [3.63, 3.8) is 0 Å². The molecule has 1 saturated carbocycles. The topological polar surface area (TPSA) is 74.3 Å². The lowest BCUT2D eigenvalue weighted by atomic mass is 10.1. The van der Waals surface area contributed by atoms with E-state index < -0.39 is 0 Å². The predicted molar refractivity (Wildman–Crippen MR) is 81.1 cm³/mol. The molecule has 0 radical (unpaired) electrons. The molecule has 1 aromatic heterocycles. The van der Waals surface area contributed by atoms with E-state index in [0.29, 0.717) is 17.4 Å². The van der Waals surface area contributed by atoms with Crippen LogP contribution in [-0.2, 0) is 4.79 Å². The van der Waals surface area contributed by atoms with Gasteiger partial charge in [0.25, 0.3) is 5.91 Å². The van der Waals surface area contributed by atoms with Crippen LogP contribution < -0.4 is 10.6 Å². The molecule has 1 fully saturated rings. The van der Waals surface area contributed by atoms with Crippen molar-refractivity contribution in [2.45, 2.75) is 38.3 Å². The van der Waals surface area contributed by atoms with Gasteiger partial charge < -0.3 is 15.5 Å². The van der Waals surface area contributed by atoms with E-state index in [1.165, 1.54) is 13.1 Å². The Bertz CT molecular complexity index is 513. The number of likely N-dealkylation sites (N-methyl/N-ethyl adjacent to an activating group) is 1. The highest BCUT2D eigenvalue weighted by atomic mass is 16.2. The van der Waals surface area contributed by atoms with Gasteiger partial charge in [0, 0.05) is 19.0 Å². The van der Waals surface area contributed by atoms with Crippen molar-refractivity contribution < 1.29 is 9.59 Å². The van der Waals surface area contributed by atoms with Crippen LogP contribution in [0.5, 0.6) is 0 Å². The van der Waals surface area contributed by atoms with Gasteiger partial charge in [-0.05, 0) is 45.5 Å². The van der Waals surface area contributed by atoms with Crippen LogP contribution in [0.2, 0.25) is 0 Å². The van der Waals surface area contributed by atoms with Gasteiger partial charge in [-0.15, -0.1) is 0 Å². The molecule has 2 atom stereocenters. The van der Waals surface area contributed by atoms with Crippen LogP contribution in [0.15, 0.2) is 18.3 Å². The molecule has 6 nitrogen and oxygen atoms in total. The number of nitrogens with zero attached hydrogens (tertiary/aromatic N) is 2. The minimum Gasteiger partial charge on any atom is -0.346 e. The van der Waals surface area contributed by atoms with E-state index in [2.05, 4.69) is 20.5 Å². The van der Waals surface area contributed by atoms with Crippen molar-refractivity contribution >= 4 is 17.5 Å². The summed E-state index contributed by atoms with van der Waals surface area (Å²) >= 11 is 0. The van der Waals surface area contributed by atoms with E-state index in [1.54, 1.807) is 12.1 Å². The Hall–Kier alpha value is -1.95. The van der Waals surface area contributed by atoms with Crippen LogP contribution >= 0.6 is 0 Å². The van der Waals surface area contributed by atoms with Crippen molar-refractivity contribution in [1.29, 1.82) is 0 Å². The van der Waals surface area contributed by atoms with Gasteiger partial charge in [0.2, 0.25) is 5.91 Å². The number of carbonyl (C=O) groups excluding carboxylic acids is 2. The van der Waals surface area contributed by atoms with Gasteiger partial charge >= 0.3 is 0 Å². The third kappa shape index (κ3) is 4.01. The van der Waals surface area contributed by atoms with E-state index >= 15 is 0 Å². The third-order valence-electron chi connectivity index (χ3n) is 3.78. The molecule has 0 aromatic carbocycles. The number of hydrogen-bond donors (Lipinski definition) is 2. The second-order valence-corrected chi connectivity index (χ2v) is 5.66. The standard InChI is InChI=1S/C15H22N4O2/c1-10(20)17-11-7-8-13(16-9-11)15(21)18-12-5-4-6-14(12)19(2)3/h7-9,12,14H,4-6H2,1-3H3,(H,17,20)(H,18,21)/t12-,14-/m1/s1. The van der Waals surface area contributed by atoms with Gasteiger partial charge in [-0.3, -0.25) is 9.59 Å². The van der Waals surface area contributed by atoms with Gasteiger partial charge in [-0.25, -0.2) is 4.98 Å². The van der Waals surface area contributed by atoms with E-state index in [-0.39, 0.29) is 17.9 Å². The van der Waals surface area contributed by atoms with Crippen molar-refractivity contribution in [3.05, 3.63) is 24.0 Å². The number of rotatable bonds is 4. The summed E-state index contributed by atoms with van der Waals surface area (Å²) in [6, 6.07) is 3.86. The number of pyridine rings is 1. The first kappa shape index (κ1) is 15.4. The molecular weight excluding hydrogens is 268 g/mol. The van der Waals surface area contributed by atoms with Crippen LogP contribution in [0, 0.1) is 0 Å². The summed E-state index contributed by atoms with van der Waals surface area (Å²) in [4.78, 5) is 29.4. The molecule has 1 aliphatic rings. The highest BCUT2D eigenvalue weighted by Crippen LogP contribution is 2.22. The highest BCUT2D eigenvalue weighted by Gasteiger charge is 2.30. The minimum atomic E-state index is -0.164. The first-order valence-corrected chi connectivity index (χ1v) is 7.18. The van der Waals surface area contributed by atoms with E-state index in [9.17, 15) is 9.59 Å². The Kier molecular flexibility index (Phi) is 4.90. The molecule has 0 aliphatic heterocycles. The normalized spacial score (nSPS) is 21.3. The molecule has 2 N–H and O–H groups in total. The first-order valence-electron chi connectivity index (χ1n) is 7.18.